The maximum absolute atomic E-state index is 12.2. The smallest absolute Gasteiger partial charge is 0.283 e. The summed E-state index contributed by atoms with van der Waals surface area (Å²) in [7, 11) is 0. The first-order valence-corrected chi connectivity index (χ1v) is 7.92. The van der Waals surface area contributed by atoms with Crippen LogP contribution in [0.15, 0.2) is 41.3 Å². The molecule has 2 aromatic rings. The number of anilines is 1. The molecule has 0 unspecified atom stereocenters. The molecule has 2 aromatic carbocycles. The van der Waals surface area contributed by atoms with Crippen molar-refractivity contribution in [2.75, 3.05) is 11.6 Å². The van der Waals surface area contributed by atoms with Crippen molar-refractivity contribution in [3.63, 3.8) is 0 Å². The van der Waals surface area contributed by atoms with Gasteiger partial charge in [0.2, 0.25) is 0 Å². The third-order valence-corrected chi connectivity index (χ3v) is 4.26. The maximum Gasteiger partial charge on any atom is 0.283 e. The Morgan fingerprint density at radius 3 is 2.59 bits per heavy atom. The lowest BCUT2D eigenvalue weighted by molar-refractivity contribution is -0.387. The van der Waals surface area contributed by atoms with E-state index in [1.165, 1.54) is 17.8 Å². The number of hydrogen-bond donors (Lipinski definition) is 1. The minimum Gasteiger partial charge on any atom is -0.322 e. The zero-order valence-corrected chi connectivity index (χ0v) is 13.5. The van der Waals surface area contributed by atoms with E-state index in [0.29, 0.717) is 15.6 Å². The van der Waals surface area contributed by atoms with Crippen LogP contribution >= 0.6 is 23.4 Å². The summed E-state index contributed by atoms with van der Waals surface area (Å²) in [6, 6.07) is 9.56. The number of carbonyl (C=O) groups is 1. The Bertz CT molecular complexity index is 750. The molecule has 0 heterocycles. The van der Waals surface area contributed by atoms with Gasteiger partial charge in [-0.25, -0.2) is 0 Å². The molecular weight excluding hydrogens is 324 g/mol. The van der Waals surface area contributed by atoms with Gasteiger partial charge in [0.25, 0.3) is 11.6 Å². The largest absolute Gasteiger partial charge is 0.322 e. The maximum atomic E-state index is 12.2. The minimum atomic E-state index is -0.495. The first-order chi connectivity index (χ1) is 10.4. The van der Waals surface area contributed by atoms with Crippen molar-refractivity contribution in [2.45, 2.75) is 11.8 Å². The summed E-state index contributed by atoms with van der Waals surface area (Å²) < 4.78 is 0. The Hall–Kier alpha value is -2.05. The Kier molecular flexibility index (Phi) is 5.05. The van der Waals surface area contributed by atoms with Gasteiger partial charge in [0.1, 0.15) is 0 Å². The SMILES string of the molecule is CSc1ccc(C(=O)Nc2ccc(C)c(Cl)c2)cc1[N+](=O)[O-]. The van der Waals surface area contributed by atoms with Crippen LogP contribution < -0.4 is 5.32 Å². The van der Waals surface area contributed by atoms with Gasteiger partial charge < -0.3 is 5.32 Å². The fourth-order valence-corrected chi connectivity index (χ4v) is 2.58. The van der Waals surface area contributed by atoms with Crippen molar-refractivity contribution in [3.8, 4) is 0 Å². The first-order valence-electron chi connectivity index (χ1n) is 6.32. The summed E-state index contributed by atoms with van der Waals surface area (Å²) in [6.07, 6.45) is 1.75. The summed E-state index contributed by atoms with van der Waals surface area (Å²) in [5, 5.41) is 14.3. The van der Waals surface area contributed by atoms with Gasteiger partial charge in [-0.3, -0.25) is 14.9 Å². The summed E-state index contributed by atoms with van der Waals surface area (Å²) in [5.74, 6) is -0.421. The summed E-state index contributed by atoms with van der Waals surface area (Å²) in [5.41, 5.74) is 1.58. The van der Waals surface area contributed by atoms with Gasteiger partial charge in [0.05, 0.1) is 9.82 Å². The van der Waals surface area contributed by atoms with Crippen molar-refractivity contribution in [1.82, 2.24) is 0 Å². The van der Waals surface area contributed by atoms with E-state index in [4.69, 9.17) is 11.6 Å². The number of nitro benzene ring substituents is 1. The molecule has 1 amide bonds. The number of rotatable bonds is 4. The molecule has 114 valence electrons. The highest BCUT2D eigenvalue weighted by Crippen LogP contribution is 2.28. The van der Waals surface area contributed by atoms with Gasteiger partial charge in [-0.1, -0.05) is 17.7 Å². The molecule has 0 saturated carbocycles. The Balaban J connectivity index is 2.27. The van der Waals surface area contributed by atoms with Crippen LogP contribution in [0.2, 0.25) is 5.02 Å². The van der Waals surface area contributed by atoms with Crippen LogP contribution in [0, 0.1) is 17.0 Å². The molecule has 0 aliphatic rings. The van der Waals surface area contributed by atoms with Crippen molar-refractivity contribution in [1.29, 1.82) is 0 Å². The molecule has 0 aliphatic carbocycles. The summed E-state index contributed by atoms with van der Waals surface area (Å²) in [4.78, 5) is 23.3. The highest BCUT2D eigenvalue weighted by Gasteiger charge is 2.17. The fraction of sp³-hybridized carbons (Fsp3) is 0.133. The van der Waals surface area contributed by atoms with E-state index in [9.17, 15) is 14.9 Å². The topological polar surface area (TPSA) is 72.2 Å². The van der Waals surface area contributed by atoms with Crippen LogP contribution in [0.4, 0.5) is 11.4 Å². The average Bonchev–Trinajstić information content (AvgIpc) is 2.50. The molecular formula is C15H13ClN2O3S. The van der Waals surface area contributed by atoms with Crippen LogP contribution in [-0.4, -0.2) is 17.1 Å². The summed E-state index contributed by atoms with van der Waals surface area (Å²) >= 11 is 7.27. The van der Waals surface area contributed by atoms with Crippen molar-refractivity contribution in [3.05, 3.63) is 62.7 Å². The second kappa shape index (κ2) is 6.81. The fourth-order valence-electron chi connectivity index (χ4n) is 1.85. The number of nitrogens with one attached hydrogen (secondary N) is 1. The Morgan fingerprint density at radius 2 is 2.00 bits per heavy atom. The monoisotopic (exact) mass is 336 g/mol. The van der Waals surface area contributed by atoms with E-state index in [-0.39, 0.29) is 11.3 Å². The van der Waals surface area contributed by atoms with Gasteiger partial charge in [-0.05, 0) is 43.0 Å². The molecule has 7 heteroatoms. The van der Waals surface area contributed by atoms with E-state index in [2.05, 4.69) is 5.32 Å². The zero-order chi connectivity index (χ0) is 16.3. The molecule has 1 N–H and O–H groups in total. The quantitative estimate of drug-likeness (QED) is 0.505. The van der Waals surface area contributed by atoms with Crippen molar-refractivity contribution >= 4 is 40.6 Å². The predicted octanol–water partition coefficient (Wildman–Crippen LogP) is 4.53. The molecule has 0 aliphatic heterocycles. The lowest BCUT2D eigenvalue weighted by atomic mass is 10.1. The Morgan fingerprint density at radius 1 is 1.27 bits per heavy atom. The number of halogens is 1. The van der Waals surface area contributed by atoms with E-state index in [0.717, 1.165) is 5.56 Å². The zero-order valence-electron chi connectivity index (χ0n) is 11.9. The number of amides is 1. The minimum absolute atomic E-state index is 0.0814. The van der Waals surface area contributed by atoms with E-state index < -0.39 is 10.8 Å². The number of benzene rings is 2. The van der Waals surface area contributed by atoms with Crippen LogP contribution in [0.1, 0.15) is 15.9 Å². The van der Waals surface area contributed by atoms with Gasteiger partial charge in [-0.15, -0.1) is 11.8 Å². The molecule has 0 bridgehead atoms. The molecule has 5 nitrogen and oxygen atoms in total. The first kappa shape index (κ1) is 16.3. The number of aryl methyl sites for hydroxylation is 1. The molecule has 2 rings (SSSR count). The standard InChI is InChI=1S/C15H13ClN2O3S/c1-9-3-5-11(8-12(9)16)17-15(19)10-4-6-14(22-2)13(7-10)18(20)21/h3-8H,1-2H3,(H,17,19). The third kappa shape index (κ3) is 3.58. The number of nitro groups is 1. The predicted molar refractivity (Wildman–Crippen MR) is 89.0 cm³/mol. The average molecular weight is 337 g/mol. The lowest BCUT2D eigenvalue weighted by Gasteiger charge is -2.08. The second-order valence-electron chi connectivity index (χ2n) is 4.56. The van der Waals surface area contributed by atoms with Gasteiger partial charge in [-0.2, -0.15) is 0 Å². The Labute approximate surface area is 136 Å². The number of carbonyl (C=O) groups excluding carboxylic acids is 1. The highest BCUT2D eigenvalue weighted by molar-refractivity contribution is 7.98. The van der Waals surface area contributed by atoms with Gasteiger partial charge >= 0.3 is 0 Å². The number of nitrogens with zero attached hydrogens (tertiary/aromatic N) is 1. The lowest BCUT2D eigenvalue weighted by Crippen LogP contribution is -2.12. The van der Waals surface area contributed by atoms with Crippen LogP contribution in [0.25, 0.3) is 0 Å². The third-order valence-electron chi connectivity index (χ3n) is 3.07. The number of hydrogen-bond acceptors (Lipinski definition) is 4. The van der Waals surface area contributed by atoms with E-state index in [1.54, 1.807) is 36.6 Å². The van der Waals surface area contributed by atoms with E-state index >= 15 is 0 Å². The van der Waals surface area contributed by atoms with Crippen LogP contribution in [0.3, 0.4) is 0 Å². The second-order valence-corrected chi connectivity index (χ2v) is 5.82. The molecule has 22 heavy (non-hydrogen) atoms. The summed E-state index contributed by atoms with van der Waals surface area (Å²) in [6.45, 7) is 1.86. The van der Waals surface area contributed by atoms with Crippen LogP contribution in [-0.2, 0) is 0 Å². The molecule has 0 aromatic heterocycles. The normalized spacial score (nSPS) is 10.3. The molecule has 0 fully saturated rings. The van der Waals surface area contributed by atoms with Crippen LogP contribution in [0.5, 0.6) is 0 Å². The van der Waals surface area contributed by atoms with E-state index in [1.807, 2.05) is 6.92 Å². The highest BCUT2D eigenvalue weighted by atomic mass is 35.5. The molecule has 0 atom stereocenters. The molecule has 0 spiro atoms. The van der Waals surface area contributed by atoms with Crippen molar-refractivity contribution in [2.24, 2.45) is 0 Å². The van der Waals surface area contributed by atoms with Gasteiger partial charge in [0, 0.05) is 22.3 Å². The molecule has 0 saturated heterocycles. The number of thioether (sulfide) groups is 1. The molecule has 0 radical (unpaired) electrons. The van der Waals surface area contributed by atoms with Crippen molar-refractivity contribution < 1.29 is 9.72 Å². The van der Waals surface area contributed by atoms with Gasteiger partial charge in [0.15, 0.2) is 0 Å².